The molecule has 0 radical (unpaired) electrons. The molecule has 0 saturated carbocycles. The van der Waals surface area contributed by atoms with Crippen LogP contribution in [-0.4, -0.2) is 15.0 Å². The van der Waals surface area contributed by atoms with Gasteiger partial charge in [-0.25, -0.2) is 8.42 Å². The van der Waals surface area contributed by atoms with Gasteiger partial charge in [0, 0.05) is 15.7 Å². The Hall–Kier alpha value is -1.37. The van der Waals surface area contributed by atoms with E-state index in [1.165, 1.54) is 11.3 Å². The molecule has 1 heterocycles. The number of halogens is 1. The minimum atomic E-state index is -3.57. The van der Waals surface area contributed by atoms with E-state index in [0.29, 0.717) is 11.4 Å². The summed E-state index contributed by atoms with van der Waals surface area (Å²) in [5.41, 5.74) is 0. The predicted octanol–water partition coefficient (Wildman–Crippen LogP) is 5.66. The fourth-order valence-corrected chi connectivity index (χ4v) is 5.53. The first-order valence-electron chi connectivity index (χ1n) is 7.79. The number of unbranched alkanes of at least 4 members (excludes halogenated alkanes) is 1. The molecular weight excluding hydrogens is 406 g/mol. The molecule has 3 rings (SSSR count). The molecule has 6 heteroatoms. The van der Waals surface area contributed by atoms with Crippen molar-refractivity contribution in [1.29, 1.82) is 0 Å². The molecule has 1 aromatic heterocycles. The van der Waals surface area contributed by atoms with Gasteiger partial charge in [0.25, 0.3) is 10.0 Å². The smallest absolute Gasteiger partial charge is 0.257 e. The number of hydrogen-bond acceptors (Lipinski definition) is 3. The topological polar surface area (TPSA) is 37.4 Å². The first-order chi connectivity index (χ1) is 11.5. The molecule has 3 nitrogen and oxygen atoms in total. The van der Waals surface area contributed by atoms with Crippen LogP contribution in [0, 0.1) is 0 Å². The molecule has 126 valence electrons. The molecule has 0 spiro atoms. The highest BCUT2D eigenvalue weighted by molar-refractivity contribution is 9.10. The second-order valence-electron chi connectivity index (χ2n) is 5.51. The number of benzene rings is 2. The highest BCUT2D eigenvalue weighted by atomic mass is 79.9. The predicted molar refractivity (Wildman–Crippen MR) is 105 cm³/mol. The number of hydrogen-bond donors (Lipinski definition) is 0. The van der Waals surface area contributed by atoms with Crippen LogP contribution in [0.5, 0.6) is 0 Å². The first-order valence-corrected chi connectivity index (χ1v) is 10.8. The lowest BCUT2D eigenvalue weighted by Gasteiger charge is -2.22. The molecule has 0 N–H and O–H groups in total. The van der Waals surface area contributed by atoms with Crippen LogP contribution >= 0.6 is 27.3 Å². The maximum Gasteiger partial charge on any atom is 0.264 e. The third-order valence-electron chi connectivity index (χ3n) is 3.77. The van der Waals surface area contributed by atoms with Crippen LogP contribution in [0.2, 0.25) is 0 Å². The van der Waals surface area contributed by atoms with Crippen molar-refractivity contribution in [2.45, 2.75) is 24.7 Å². The van der Waals surface area contributed by atoms with E-state index in [9.17, 15) is 8.42 Å². The molecule has 24 heavy (non-hydrogen) atoms. The van der Waals surface area contributed by atoms with E-state index < -0.39 is 10.0 Å². The molecule has 0 unspecified atom stereocenters. The maximum absolute atomic E-state index is 13.1. The van der Waals surface area contributed by atoms with Crippen LogP contribution in [-0.2, 0) is 10.0 Å². The number of thiophene rings is 1. The van der Waals surface area contributed by atoms with Crippen molar-refractivity contribution < 1.29 is 8.42 Å². The maximum atomic E-state index is 13.1. The third kappa shape index (κ3) is 3.50. The first kappa shape index (κ1) is 17.5. The molecule has 2 aromatic carbocycles. The van der Waals surface area contributed by atoms with Crippen LogP contribution in [0.4, 0.5) is 5.00 Å². The molecule has 3 aromatic rings. The minimum Gasteiger partial charge on any atom is -0.257 e. The van der Waals surface area contributed by atoms with Gasteiger partial charge in [-0.15, -0.1) is 11.3 Å². The van der Waals surface area contributed by atoms with Crippen molar-refractivity contribution in [1.82, 2.24) is 0 Å². The minimum absolute atomic E-state index is 0.319. The van der Waals surface area contributed by atoms with Crippen molar-refractivity contribution in [3.63, 3.8) is 0 Å². The van der Waals surface area contributed by atoms with Crippen LogP contribution in [0.25, 0.3) is 10.1 Å². The van der Waals surface area contributed by atoms with Crippen LogP contribution in [0.15, 0.2) is 64.0 Å². The summed E-state index contributed by atoms with van der Waals surface area (Å²) in [6.07, 6.45) is 1.77. The van der Waals surface area contributed by atoms with E-state index >= 15 is 0 Å². The number of sulfonamides is 1. The molecule has 0 bridgehead atoms. The second-order valence-corrected chi connectivity index (χ2v) is 9.35. The van der Waals surface area contributed by atoms with Gasteiger partial charge in [0.2, 0.25) is 0 Å². The Morgan fingerprint density at radius 3 is 2.46 bits per heavy atom. The highest BCUT2D eigenvalue weighted by Gasteiger charge is 2.26. The Kier molecular flexibility index (Phi) is 5.27. The van der Waals surface area contributed by atoms with Crippen LogP contribution < -0.4 is 4.31 Å². The lowest BCUT2D eigenvalue weighted by atomic mass is 10.3. The highest BCUT2D eigenvalue weighted by Crippen LogP contribution is 2.35. The van der Waals surface area contributed by atoms with Gasteiger partial charge in [0.1, 0.15) is 5.00 Å². The average molecular weight is 424 g/mol. The van der Waals surface area contributed by atoms with Gasteiger partial charge in [-0.2, -0.15) is 0 Å². The third-order valence-corrected chi connectivity index (χ3v) is 7.39. The number of fused-ring (bicyclic) bond motifs is 1. The zero-order chi connectivity index (χ0) is 17.2. The average Bonchev–Trinajstić information content (AvgIpc) is 2.99. The van der Waals surface area contributed by atoms with E-state index in [1.807, 2.05) is 30.3 Å². The van der Waals surface area contributed by atoms with Crippen molar-refractivity contribution in [3.8, 4) is 0 Å². The zero-order valence-corrected chi connectivity index (χ0v) is 16.5. The SMILES string of the molecule is CCCCN(c1cc2ccccc2s1)S(=O)(=O)c1ccc(Br)cc1. The number of nitrogens with zero attached hydrogens (tertiary/aromatic N) is 1. The molecule has 0 aliphatic rings. The quantitative estimate of drug-likeness (QED) is 0.512. The summed E-state index contributed by atoms with van der Waals surface area (Å²) in [5.74, 6) is 0. The molecule has 0 amide bonds. The summed E-state index contributed by atoms with van der Waals surface area (Å²) in [5, 5.41) is 1.84. The fraction of sp³-hybridized carbons (Fsp3) is 0.222. The van der Waals surface area contributed by atoms with Crippen molar-refractivity contribution >= 4 is 52.4 Å². The molecular formula is C18H18BrNO2S2. The summed E-state index contributed by atoms with van der Waals surface area (Å²) in [7, 11) is -3.57. The van der Waals surface area contributed by atoms with Crippen LogP contribution in [0.1, 0.15) is 19.8 Å². The Balaban J connectivity index is 2.06. The zero-order valence-electron chi connectivity index (χ0n) is 13.3. The molecule has 0 aliphatic heterocycles. The van der Waals surface area contributed by atoms with E-state index in [1.54, 1.807) is 28.6 Å². The normalized spacial score (nSPS) is 11.8. The molecule has 0 saturated heterocycles. The van der Waals surface area contributed by atoms with E-state index in [-0.39, 0.29) is 0 Å². The summed E-state index contributed by atoms with van der Waals surface area (Å²) in [6, 6.07) is 16.8. The molecule has 0 atom stereocenters. The Morgan fingerprint density at radius 2 is 1.79 bits per heavy atom. The largest absolute Gasteiger partial charge is 0.264 e. The van der Waals surface area contributed by atoms with Gasteiger partial charge in [-0.05, 0) is 48.2 Å². The molecule has 0 fully saturated rings. The Labute approximate surface area is 155 Å². The molecule has 0 aliphatic carbocycles. The van der Waals surface area contributed by atoms with E-state index in [2.05, 4.69) is 22.9 Å². The van der Waals surface area contributed by atoms with Crippen molar-refractivity contribution in [2.24, 2.45) is 0 Å². The van der Waals surface area contributed by atoms with E-state index in [0.717, 1.165) is 32.4 Å². The van der Waals surface area contributed by atoms with Crippen molar-refractivity contribution in [2.75, 3.05) is 10.8 Å². The Morgan fingerprint density at radius 1 is 1.08 bits per heavy atom. The van der Waals surface area contributed by atoms with Gasteiger partial charge < -0.3 is 0 Å². The summed E-state index contributed by atoms with van der Waals surface area (Å²) in [6.45, 7) is 2.55. The fourth-order valence-electron chi connectivity index (χ4n) is 2.48. The lowest BCUT2D eigenvalue weighted by Crippen LogP contribution is -2.31. The van der Waals surface area contributed by atoms with Gasteiger partial charge in [0.15, 0.2) is 0 Å². The standard InChI is InChI=1S/C18H18BrNO2S2/c1-2-3-12-20(18-13-14-6-4-5-7-17(14)23-18)24(21,22)16-10-8-15(19)9-11-16/h4-11,13H,2-3,12H2,1H3. The van der Waals surface area contributed by atoms with Gasteiger partial charge >= 0.3 is 0 Å². The van der Waals surface area contributed by atoms with Crippen molar-refractivity contribution in [3.05, 3.63) is 59.1 Å². The van der Waals surface area contributed by atoms with Gasteiger partial charge in [0.05, 0.1) is 4.90 Å². The number of anilines is 1. The van der Waals surface area contributed by atoms with Gasteiger partial charge in [-0.3, -0.25) is 4.31 Å². The monoisotopic (exact) mass is 423 g/mol. The summed E-state index contributed by atoms with van der Waals surface area (Å²) in [4.78, 5) is 0.319. The Bertz CT molecular complexity index is 900. The number of rotatable bonds is 6. The van der Waals surface area contributed by atoms with Gasteiger partial charge in [-0.1, -0.05) is 47.5 Å². The second kappa shape index (κ2) is 7.25. The van der Waals surface area contributed by atoms with E-state index in [4.69, 9.17) is 0 Å². The lowest BCUT2D eigenvalue weighted by molar-refractivity contribution is 0.589. The van der Waals surface area contributed by atoms with Crippen LogP contribution in [0.3, 0.4) is 0 Å². The summed E-state index contributed by atoms with van der Waals surface area (Å²) < 4.78 is 29.8. The summed E-state index contributed by atoms with van der Waals surface area (Å²) >= 11 is 4.87.